The fraction of sp³-hybridized carbons (Fsp3) is 0.702. The molecule has 4 aliphatic carbocycles. The van der Waals surface area contributed by atoms with Crippen LogP contribution >= 0.6 is 0 Å². The number of fused-ring (bicyclic) bond motifs is 7. The SMILES string of the molecule is C[C@H]1CC[C@@]2(OC1)O[C@H]1C[C@H]3[C@@H]4CC[C@@H]5C[C@@H](O)CC[C@]5(C)[C@H]4CC[C@]3(C)[C@H]1[C@@H]2C.O=C(OC[C@H]1O[C@@H](O)[C@H](O)[C@@H](OC(=O)c2ccccc2)[C@@H]1O)c1ccccc1. The van der Waals surface area contributed by atoms with E-state index in [9.17, 15) is 30.0 Å². The number of hydrogen-bond acceptors (Lipinski definition) is 11. The van der Waals surface area contributed by atoms with Crippen molar-refractivity contribution in [3.05, 3.63) is 71.8 Å². The Labute approximate surface area is 342 Å². The lowest BCUT2D eigenvalue weighted by molar-refractivity contribution is -0.285. The Bertz CT molecular complexity index is 1730. The van der Waals surface area contributed by atoms with E-state index in [2.05, 4.69) is 27.7 Å². The van der Waals surface area contributed by atoms with Gasteiger partial charge in [-0.1, -0.05) is 64.1 Å². The van der Waals surface area contributed by atoms with Crippen molar-refractivity contribution in [3.63, 3.8) is 0 Å². The van der Waals surface area contributed by atoms with Gasteiger partial charge in [-0.3, -0.25) is 0 Å². The Hall–Kier alpha value is -2.90. The molecule has 2 aromatic carbocycles. The van der Waals surface area contributed by atoms with Gasteiger partial charge in [-0.15, -0.1) is 0 Å². The molecule has 2 aromatic rings. The second kappa shape index (κ2) is 16.5. The number of hydrogen-bond donors (Lipinski definition) is 4. The summed E-state index contributed by atoms with van der Waals surface area (Å²) in [6.45, 7) is 10.5. The van der Waals surface area contributed by atoms with Crippen molar-refractivity contribution >= 4 is 11.9 Å². The second-order valence-corrected chi connectivity index (χ2v) is 19.3. The zero-order chi connectivity index (χ0) is 41.0. The Balaban J connectivity index is 0.000000162. The third-order valence-electron chi connectivity index (χ3n) is 16.2. The van der Waals surface area contributed by atoms with Crippen LogP contribution in [0.3, 0.4) is 0 Å². The quantitative estimate of drug-likeness (QED) is 0.251. The largest absolute Gasteiger partial charge is 0.459 e. The van der Waals surface area contributed by atoms with Gasteiger partial charge in [0.1, 0.15) is 24.9 Å². The molecule has 0 amide bonds. The first kappa shape index (κ1) is 41.8. The second-order valence-electron chi connectivity index (χ2n) is 19.3. The molecule has 3 heterocycles. The minimum atomic E-state index is -1.72. The zero-order valence-corrected chi connectivity index (χ0v) is 34.5. The molecule has 4 saturated carbocycles. The first-order chi connectivity index (χ1) is 27.7. The van der Waals surface area contributed by atoms with Gasteiger partial charge in [-0.2, -0.15) is 0 Å². The lowest BCUT2D eigenvalue weighted by atomic mass is 9.44. The van der Waals surface area contributed by atoms with E-state index in [4.69, 9.17) is 23.7 Å². The molecule has 4 N–H and O–H groups in total. The van der Waals surface area contributed by atoms with Gasteiger partial charge in [0.05, 0.1) is 29.9 Å². The van der Waals surface area contributed by atoms with Gasteiger partial charge in [0.15, 0.2) is 18.2 Å². The van der Waals surface area contributed by atoms with Gasteiger partial charge in [-0.25, -0.2) is 9.59 Å². The molecule has 17 atom stereocenters. The number of carbonyl (C=O) groups excluding carboxylic acids is 2. The van der Waals surface area contributed by atoms with E-state index in [1.165, 1.54) is 57.1 Å². The average Bonchev–Trinajstić information content (AvgIpc) is 3.68. The van der Waals surface area contributed by atoms with Gasteiger partial charge < -0.3 is 44.1 Å². The summed E-state index contributed by atoms with van der Waals surface area (Å²) in [5, 5.41) is 40.7. The normalized spacial score (nSPS) is 45.4. The van der Waals surface area contributed by atoms with E-state index in [1.807, 2.05) is 0 Å². The Morgan fingerprint density at radius 3 is 2.10 bits per heavy atom. The minimum absolute atomic E-state index is 0.0389. The van der Waals surface area contributed by atoms with Crippen LogP contribution in [0.1, 0.15) is 113 Å². The Kier molecular flexibility index (Phi) is 11.9. The van der Waals surface area contributed by atoms with E-state index >= 15 is 0 Å². The van der Waals surface area contributed by atoms with Crippen LogP contribution in [-0.2, 0) is 23.7 Å². The fourth-order valence-electron chi connectivity index (χ4n) is 13.0. The molecule has 7 fully saturated rings. The molecular formula is C47H64O11. The highest BCUT2D eigenvalue weighted by Gasteiger charge is 2.69. The maximum absolute atomic E-state index is 12.2. The van der Waals surface area contributed by atoms with Crippen molar-refractivity contribution < 1.29 is 53.7 Å². The van der Waals surface area contributed by atoms with E-state index in [1.54, 1.807) is 48.5 Å². The predicted molar refractivity (Wildman–Crippen MR) is 213 cm³/mol. The molecule has 0 aromatic heterocycles. The third kappa shape index (κ3) is 7.56. The smallest absolute Gasteiger partial charge is 0.338 e. The van der Waals surface area contributed by atoms with E-state index in [-0.39, 0.29) is 17.5 Å². The molecule has 3 saturated heterocycles. The van der Waals surface area contributed by atoms with Crippen LogP contribution < -0.4 is 0 Å². The number of aliphatic hydroxyl groups excluding tert-OH is 4. The van der Waals surface area contributed by atoms with Gasteiger partial charge >= 0.3 is 11.9 Å². The maximum Gasteiger partial charge on any atom is 0.338 e. The molecular weight excluding hydrogens is 741 g/mol. The lowest BCUT2D eigenvalue weighted by Crippen LogP contribution is -2.60. The summed E-state index contributed by atoms with van der Waals surface area (Å²) in [5.74, 6) is 3.51. The monoisotopic (exact) mass is 804 g/mol. The van der Waals surface area contributed by atoms with E-state index < -0.39 is 49.3 Å². The van der Waals surface area contributed by atoms with E-state index in [0.29, 0.717) is 40.3 Å². The van der Waals surface area contributed by atoms with Crippen molar-refractivity contribution in [3.8, 4) is 0 Å². The van der Waals surface area contributed by atoms with Crippen molar-refractivity contribution in [2.75, 3.05) is 13.2 Å². The first-order valence-corrected chi connectivity index (χ1v) is 21.9. The average molecular weight is 805 g/mol. The third-order valence-corrected chi connectivity index (χ3v) is 16.2. The summed E-state index contributed by atoms with van der Waals surface area (Å²) in [5.41, 5.74) is 1.42. The Morgan fingerprint density at radius 2 is 1.43 bits per heavy atom. The molecule has 9 rings (SSSR count). The summed E-state index contributed by atoms with van der Waals surface area (Å²) < 4.78 is 28.7. The number of ether oxygens (including phenoxy) is 5. The van der Waals surface area contributed by atoms with Crippen molar-refractivity contribution in [2.24, 2.45) is 52.3 Å². The van der Waals surface area contributed by atoms with Gasteiger partial charge in [-0.05, 0) is 128 Å². The standard InChI is InChI=1S/C27H44O3.C20H20O8/c1-16-7-12-27(29-15-16)17(2)24-23(30-27)14-22-20-6-5-18-13-19(28)8-10-25(18,3)21(20)9-11-26(22,24)4;21-15-14(11-26-18(23)12-7-3-1-4-8-12)27-20(25)16(22)17(15)28-19(24)13-9-5-2-6-10-13/h16-24,28H,5-15H2,1-4H3;1-10,14-17,20-22,25H,11H2/t16-,17-,18+,19-,20+,21-,22-,23-,24-,25-,26-,27+;14-,15-,16-,17+,20-/m01/s1. The maximum atomic E-state index is 12.2. The summed E-state index contributed by atoms with van der Waals surface area (Å²) in [6.07, 6.45) is 5.30. The summed E-state index contributed by atoms with van der Waals surface area (Å²) in [7, 11) is 0. The van der Waals surface area contributed by atoms with Gasteiger partial charge in [0, 0.05) is 12.3 Å². The Morgan fingerprint density at radius 1 is 0.759 bits per heavy atom. The van der Waals surface area contributed by atoms with E-state index in [0.717, 1.165) is 49.5 Å². The minimum Gasteiger partial charge on any atom is -0.459 e. The molecule has 11 heteroatoms. The molecule has 58 heavy (non-hydrogen) atoms. The molecule has 11 nitrogen and oxygen atoms in total. The highest BCUT2D eigenvalue weighted by atomic mass is 16.7. The van der Waals surface area contributed by atoms with Gasteiger partial charge in [0.2, 0.25) is 0 Å². The van der Waals surface area contributed by atoms with Gasteiger partial charge in [0.25, 0.3) is 0 Å². The molecule has 0 bridgehead atoms. The van der Waals surface area contributed by atoms with Crippen LogP contribution in [0.5, 0.6) is 0 Å². The predicted octanol–water partition coefficient (Wildman–Crippen LogP) is 6.30. The molecule has 0 radical (unpaired) electrons. The van der Waals surface area contributed by atoms with Crippen molar-refractivity contribution in [1.29, 1.82) is 0 Å². The highest BCUT2D eigenvalue weighted by molar-refractivity contribution is 5.90. The number of rotatable bonds is 5. The fourth-order valence-corrected chi connectivity index (χ4v) is 13.0. The molecule has 318 valence electrons. The number of carbonyl (C=O) groups is 2. The van der Waals surface area contributed by atoms with Crippen LogP contribution in [-0.4, -0.2) is 94.3 Å². The summed E-state index contributed by atoms with van der Waals surface area (Å²) in [6, 6.07) is 16.2. The van der Waals surface area contributed by atoms with Crippen LogP contribution in [0.2, 0.25) is 0 Å². The first-order valence-electron chi connectivity index (χ1n) is 21.9. The number of benzene rings is 2. The van der Waals surface area contributed by atoms with Crippen molar-refractivity contribution in [2.45, 2.75) is 141 Å². The molecule has 3 aliphatic heterocycles. The van der Waals surface area contributed by atoms with Crippen LogP contribution in [0.15, 0.2) is 60.7 Å². The highest BCUT2D eigenvalue weighted by Crippen LogP contribution is 2.71. The summed E-state index contributed by atoms with van der Waals surface area (Å²) >= 11 is 0. The lowest BCUT2D eigenvalue weighted by Gasteiger charge is -2.61. The molecule has 7 aliphatic rings. The number of aliphatic hydroxyl groups is 4. The number of esters is 2. The molecule has 1 spiro atoms. The van der Waals surface area contributed by atoms with Crippen LogP contribution in [0, 0.1) is 52.3 Å². The van der Waals surface area contributed by atoms with Crippen LogP contribution in [0.4, 0.5) is 0 Å². The topological polar surface area (TPSA) is 161 Å². The summed E-state index contributed by atoms with van der Waals surface area (Å²) in [4.78, 5) is 24.2. The zero-order valence-electron chi connectivity index (χ0n) is 34.5. The van der Waals surface area contributed by atoms with Crippen molar-refractivity contribution in [1.82, 2.24) is 0 Å². The van der Waals surface area contributed by atoms with Crippen LogP contribution in [0.25, 0.3) is 0 Å². The molecule has 0 unspecified atom stereocenters.